The van der Waals surface area contributed by atoms with Gasteiger partial charge in [0.15, 0.2) is 5.78 Å². The fourth-order valence-electron chi connectivity index (χ4n) is 2.58. The van der Waals surface area contributed by atoms with Gasteiger partial charge in [0.05, 0.1) is 5.69 Å². The standard InChI is InChI=1S/C22H17FN2O3/c1-14(26)15-6-5-9-18(13-15)24-21(27)16-7-4-8-17(12-16)22(28)25-20-11-3-2-10-19(20)23/h2-13H,1H3,(H,24,27)(H,25,28). The van der Waals surface area contributed by atoms with E-state index in [9.17, 15) is 18.8 Å². The van der Waals surface area contributed by atoms with Crippen molar-refractivity contribution in [3.63, 3.8) is 0 Å². The van der Waals surface area contributed by atoms with E-state index in [0.29, 0.717) is 11.3 Å². The van der Waals surface area contributed by atoms with E-state index in [-0.39, 0.29) is 22.6 Å². The molecule has 3 aromatic carbocycles. The molecule has 0 saturated heterocycles. The molecule has 0 radical (unpaired) electrons. The largest absolute Gasteiger partial charge is 0.322 e. The van der Waals surface area contributed by atoms with E-state index in [1.165, 1.54) is 37.3 Å². The molecule has 0 aromatic heterocycles. The zero-order chi connectivity index (χ0) is 20.1. The maximum atomic E-state index is 13.7. The molecule has 0 spiro atoms. The predicted octanol–water partition coefficient (Wildman–Crippen LogP) is 4.53. The van der Waals surface area contributed by atoms with Crippen LogP contribution in [0.1, 0.15) is 38.0 Å². The van der Waals surface area contributed by atoms with Gasteiger partial charge in [0.25, 0.3) is 11.8 Å². The number of para-hydroxylation sites is 1. The van der Waals surface area contributed by atoms with Crippen molar-refractivity contribution < 1.29 is 18.8 Å². The number of benzene rings is 3. The maximum absolute atomic E-state index is 13.7. The first kappa shape index (κ1) is 19.0. The third kappa shape index (κ3) is 4.48. The number of rotatable bonds is 5. The number of ketones is 1. The second-order valence-electron chi connectivity index (χ2n) is 6.11. The number of halogens is 1. The number of carbonyl (C=O) groups is 3. The van der Waals surface area contributed by atoms with E-state index in [0.717, 1.165) is 0 Å². The van der Waals surface area contributed by atoms with Crippen LogP contribution in [-0.4, -0.2) is 17.6 Å². The van der Waals surface area contributed by atoms with Gasteiger partial charge in [0.2, 0.25) is 0 Å². The molecule has 0 aliphatic heterocycles. The smallest absolute Gasteiger partial charge is 0.255 e. The number of hydrogen-bond acceptors (Lipinski definition) is 3. The highest BCUT2D eigenvalue weighted by molar-refractivity contribution is 6.09. The van der Waals surface area contributed by atoms with Crippen LogP contribution >= 0.6 is 0 Å². The summed E-state index contributed by atoms with van der Waals surface area (Å²) < 4.78 is 13.7. The Bertz CT molecular complexity index is 1060. The first-order valence-corrected chi connectivity index (χ1v) is 8.52. The van der Waals surface area contributed by atoms with Gasteiger partial charge in [-0.2, -0.15) is 0 Å². The van der Waals surface area contributed by atoms with E-state index in [4.69, 9.17) is 0 Å². The van der Waals surface area contributed by atoms with Crippen molar-refractivity contribution in [2.45, 2.75) is 6.92 Å². The summed E-state index contributed by atoms with van der Waals surface area (Å²) in [5, 5.41) is 5.17. The van der Waals surface area contributed by atoms with Crippen LogP contribution in [0, 0.1) is 5.82 Å². The van der Waals surface area contributed by atoms with E-state index >= 15 is 0 Å². The molecule has 140 valence electrons. The van der Waals surface area contributed by atoms with Gasteiger partial charge in [-0.25, -0.2) is 4.39 Å². The Morgan fingerprint density at radius 2 is 1.32 bits per heavy atom. The second-order valence-corrected chi connectivity index (χ2v) is 6.11. The molecule has 28 heavy (non-hydrogen) atoms. The fraction of sp³-hybridized carbons (Fsp3) is 0.0455. The molecule has 0 fully saturated rings. The Balaban J connectivity index is 1.76. The molecule has 0 unspecified atom stereocenters. The van der Waals surface area contributed by atoms with Gasteiger partial charge in [-0.05, 0) is 49.4 Å². The van der Waals surface area contributed by atoms with Crippen molar-refractivity contribution >= 4 is 29.0 Å². The van der Waals surface area contributed by atoms with Crippen molar-refractivity contribution in [1.82, 2.24) is 0 Å². The van der Waals surface area contributed by atoms with E-state index in [2.05, 4.69) is 10.6 Å². The van der Waals surface area contributed by atoms with Gasteiger partial charge in [-0.1, -0.05) is 30.3 Å². The Labute approximate surface area is 161 Å². The third-order valence-electron chi connectivity index (χ3n) is 4.04. The Hall–Kier alpha value is -3.80. The van der Waals surface area contributed by atoms with Gasteiger partial charge < -0.3 is 10.6 Å². The van der Waals surface area contributed by atoms with Crippen LogP contribution in [0.5, 0.6) is 0 Å². The molecule has 3 aromatic rings. The topological polar surface area (TPSA) is 75.3 Å². The van der Waals surface area contributed by atoms with Crippen molar-refractivity contribution in [2.24, 2.45) is 0 Å². The average Bonchev–Trinajstić information content (AvgIpc) is 2.70. The van der Waals surface area contributed by atoms with Crippen molar-refractivity contribution in [3.8, 4) is 0 Å². The van der Waals surface area contributed by atoms with E-state index < -0.39 is 17.6 Å². The van der Waals surface area contributed by atoms with Crippen LogP contribution in [0.3, 0.4) is 0 Å². The molecule has 0 aliphatic carbocycles. The van der Waals surface area contributed by atoms with Crippen LogP contribution in [-0.2, 0) is 0 Å². The molecule has 5 nitrogen and oxygen atoms in total. The van der Waals surface area contributed by atoms with Gasteiger partial charge in [0, 0.05) is 22.4 Å². The summed E-state index contributed by atoms with van der Waals surface area (Å²) in [7, 11) is 0. The SMILES string of the molecule is CC(=O)c1cccc(NC(=O)c2cccc(C(=O)Nc3ccccc3F)c2)c1. The minimum atomic E-state index is -0.546. The highest BCUT2D eigenvalue weighted by Gasteiger charge is 2.13. The highest BCUT2D eigenvalue weighted by atomic mass is 19.1. The first-order valence-electron chi connectivity index (χ1n) is 8.52. The van der Waals surface area contributed by atoms with Crippen LogP contribution < -0.4 is 10.6 Å². The van der Waals surface area contributed by atoms with Crippen LogP contribution in [0.15, 0.2) is 72.8 Å². The lowest BCUT2D eigenvalue weighted by Gasteiger charge is -2.09. The molecule has 2 N–H and O–H groups in total. The molecule has 0 saturated carbocycles. The van der Waals surface area contributed by atoms with Gasteiger partial charge in [-0.3, -0.25) is 14.4 Å². The third-order valence-corrected chi connectivity index (χ3v) is 4.04. The van der Waals surface area contributed by atoms with Crippen LogP contribution in [0.25, 0.3) is 0 Å². The number of amides is 2. The average molecular weight is 376 g/mol. The molecule has 6 heteroatoms. The predicted molar refractivity (Wildman–Crippen MR) is 105 cm³/mol. The number of carbonyl (C=O) groups excluding carboxylic acids is 3. The monoisotopic (exact) mass is 376 g/mol. The van der Waals surface area contributed by atoms with Crippen molar-refractivity contribution in [3.05, 3.63) is 95.3 Å². The first-order chi connectivity index (χ1) is 13.4. The van der Waals surface area contributed by atoms with Gasteiger partial charge in [-0.15, -0.1) is 0 Å². The lowest BCUT2D eigenvalue weighted by molar-refractivity contribution is 0.100. The Kier molecular flexibility index (Phi) is 5.60. The normalized spacial score (nSPS) is 10.2. The summed E-state index contributed by atoms with van der Waals surface area (Å²) in [5.74, 6) is -1.61. The molecule has 0 bridgehead atoms. The minimum absolute atomic E-state index is 0.0587. The summed E-state index contributed by atoms with van der Waals surface area (Å²) >= 11 is 0. The van der Waals surface area contributed by atoms with Crippen molar-refractivity contribution in [1.29, 1.82) is 0 Å². The number of hydrogen-bond donors (Lipinski definition) is 2. The summed E-state index contributed by atoms with van der Waals surface area (Å²) in [5.41, 5.74) is 1.49. The fourth-order valence-corrected chi connectivity index (χ4v) is 2.58. The zero-order valence-corrected chi connectivity index (χ0v) is 15.0. The van der Waals surface area contributed by atoms with Crippen molar-refractivity contribution in [2.75, 3.05) is 10.6 Å². The molecular weight excluding hydrogens is 359 g/mol. The van der Waals surface area contributed by atoms with Gasteiger partial charge in [0.1, 0.15) is 5.82 Å². The summed E-state index contributed by atoms with van der Waals surface area (Å²) in [6, 6.07) is 18.5. The molecule has 0 atom stereocenters. The Morgan fingerprint density at radius 1 is 0.714 bits per heavy atom. The number of Topliss-reactive ketones (excluding diaryl/α,β-unsaturated/α-hetero) is 1. The van der Waals surface area contributed by atoms with Crippen LogP contribution in [0.4, 0.5) is 15.8 Å². The lowest BCUT2D eigenvalue weighted by Crippen LogP contribution is -2.16. The summed E-state index contributed by atoms with van der Waals surface area (Å²) in [4.78, 5) is 36.3. The van der Waals surface area contributed by atoms with E-state index in [1.54, 1.807) is 42.5 Å². The minimum Gasteiger partial charge on any atom is -0.322 e. The molecule has 3 rings (SSSR count). The Morgan fingerprint density at radius 3 is 2.00 bits per heavy atom. The molecule has 0 heterocycles. The van der Waals surface area contributed by atoms with Crippen LogP contribution in [0.2, 0.25) is 0 Å². The van der Waals surface area contributed by atoms with E-state index in [1.807, 2.05) is 0 Å². The maximum Gasteiger partial charge on any atom is 0.255 e. The molecular formula is C22H17FN2O3. The summed E-state index contributed by atoms with van der Waals surface area (Å²) in [6.45, 7) is 1.44. The second kappa shape index (κ2) is 8.26. The lowest BCUT2D eigenvalue weighted by atomic mass is 10.1. The quantitative estimate of drug-likeness (QED) is 0.642. The molecule has 2 amide bonds. The zero-order valence-electron chi connectivity index (χ0n) is 15.0. The van der Waals surface area contributed by atoms with Gasteiger partial charge >= 0.3 is 0 Å². The number of anilines is 2. The number of nitrogens with one attached hydrogen (secondary N) is 2. The summed E-state index contributed by atoms with van der Waals surface area (Å²) in [6.07, 6.45) is 0. The highest BCUT2D eigenvalue weighted by Crippen LogP contribution is 2.16. The molecule has 0 aliphatic rings.